The summed E-state index contributed by atoms with van der Waals surface area (Å²) in [6.07, 6.45) is 7.24. The highest BCUT2D eigenvalue weighted by atomic mass is 16.2. The van der Waals surface area contributed by atoms with Gasteiger partial charge in [-0.1, -0.05) is 42.5 Å². The van der Waals surface area contributed by atoms with Crippen molar-refractivity contribution in [3.8, 4) is 0 Å². The fourth-order valence-electron chi connectivity index (χ4n) is 7.66. The molecule has 4 fully saturated rings. The molecular weight excluding hydrogens is 422 g/mol. The predicted octanol–water partition coefficient (Wildman–Crippen LogP) is 4.97. The molecule has 0 unspecified atom stereocenters. The predicted molar refractivity (Wildman–Crippen MR) is 133 cm³/mol. The van der Waals surface area contributed by atoms with Crippen LogP contribution in [0.1, 0.15) is 63.5 Å². The van der Waals surface area contributed by atoms with Gasteiger partial charge in [-0.3, -0.25) is 4.79 Å². The Labute approximate surface area is 201 Å². The number of hydrogen-bond donors (Lipinski definition) is 1. The molecule has 1 aliphatic heterocycles. The van der Waals surface area contributed by atoms with Crippen molar-refractivity contribution < 1.29 is 14.2 Å². The Bertz CT molecular complexity index is 1130. The quantitative estimate of drug-likeness (QED) is 0.663. The normalized spacial score (nSPS) is 29.9. The lowest BCUT2D eigenvalue weighted by molar-refractivity contribution is -0.417. The molecule has 3 amide bonds. The zero-order chi connectivity index (χ0) is 23.4. The van der Waals surface area contributed by atoms with Crippen molar-refractivity contribution in [2.75, 3.05) is 11.4 Å². The Morgan fingerprint density at radius 1 is 0.941 bits per heavy atom. The van der Waals surface area contributed by atoms with E-state index >= 15 is 0 Å². The van der Waals surface area contributed by atoms with Gasteiger partial charge in [0, 0.05) is 17.2 Å². The number of hydrogen-bond acceptors (Lipinski definition) is 2. The minimum atomic E-state index is -0.130. The second-order valence-electron chi connectivity index (χ2n) is 11.3. The van der Waals surface area contributed by atoms with E-state index in [4.69, 9.17) is 0 Å². The number of anilines is 1. The van der Waals surface area contributed by atoms with Crippen LogP contribution in [0.3, 0.4) is 0 Å². The number of rotatable bonds is 3. The number of urea groups is 1. The molecule has 176 valence electrons. The van der Waals surface area contributed by atoms with Crippen molar-refractivity contribution >= 4 is 23.3 Å². The number of nitrogens with one attached hydrogen (secondary N) is 1. The lowest BCUT2D eigenvalue weighted by Crippen LogP contribution is -2.61. The van der Waals surface area contributed by atoms with Gasteiger partial charge in [-0.15, -0.1) is 0 Å². The van der Waals surface area contributed by atoms with E-state index in [-0.39, 0.29) is 30.1 Å². The molecular formula is C29H34N3O2+. The molecule has 7 rings (SSSR count). The van der Waals surface area contributed by atoms with Crippen LogP contribution in [0.25, 0.3) is 0 Å². The first-order valence-corrected chi connectivity index (χ1v) is 12.9. The van der Waals surface area contributed by atoms with Crippen LogP contribution < -0.4 is 10.2 Å². The molecule has 5 heteroatoms. The van der Waals surface area contributed by atoms with Gasteiger partial charge >= 0.3 is 6.03 Å². The molecule has 4 bridgehead atoms. The standard InChI is InChI=1S/C29H33N3O2/c1-19(2)32-25-11-7-6-10-24(25)27(23-8-4-3-5-9-23)31(18-26(32)33)28(34)30-29-15-20-12-21(16-29)14-22(13-20)17-29/h3-11,19-22H,12-18H2,1-2H3/p+1. The van der Waals surface area contributed by atoms with Crippen molar-refractivity contribution in [3.63, 3.8) is 0 Å². The zero-order valence-electron chi connectivity index (χ0n) is 20.2. The minimum absolute atomic E-state index is 0.00293. The topological polar surface area (TPSA) is 52.4 Å². The van der Waals surface area contributed by atoms with Crippen LogP contribution in [0.2, 0.25) is 0 Å². The monoisotopic (exact) mass is 456 g/mol. The first-order chi connectivity index (χ1) is 16.4. The van der Waals surface area contributed by atoms with E-state index in [2.05, 4.69) is 5.32 Å². The lowest BCUT2D eigenvalue weighted by Gasteiger charge is -2.54. The molecule has 1 N–H and O–H groups in total. The molecule has 4 saturated carbocycles. The highest BCUT2D eigenvalue weighted by molar-refractivity contribution is 6.17. The van der Waals surface area contributed by atoms with Gasteiger partial charge in [-0.2, -0.15) is 9.37 Å². The van der Waals surface area contributed by atoms with E-state index in [1.807, 2.05) is 73.3 Å². The summed E-state index contributed by atoms with van der Waals surface area (Å²) in [7, 11) is 0. The fraction of sp³-hybridized carbons (Fsp3) is 0.483. The summed E-state index contributed by atoms with van der Waals surface area (Å²) in [6, 6.07) is 17.9. The maximum atomic E-state index is 14.1. The summed E-state index contributed by atoms with van der Waals surface area (Å²) in [6.45, 7) is 4.10. The number of carbonyl (C=O) groups excluding carboxylic acids is 2. The summed E-state index contributed by atoms with van der Waals surface area (Å²) in [4.78, 5) is 29.5. The third-order valence-electron chi connectivity index (χ3n) is 8.47. The number of benzodiazepines with no additional fused rings is 1. The SMILES string of the molecule is CC(C)N1C(=O)C[N+](C(=O)NC23CC4CC(CC(C4)C2)C3)=C(c2ccccc2)c2ccccc21. The third-order valence-corrected chi connectivity index (χ3v) is 8.47. The summed E-state index contributed by atoms with van der Waals surface area (Å²) in [5.74, 6) is 2.18. The van der Waals surface area contributed by atoms with Gasteiger partial charge in [0.2, 0.25) is 0 Å². The summed E-state index contributed by atoms with van der Waals surface area (Å²) in [5, 5.41) is 3.51. The second kappa shape index (κ2) is 8.07. The molecule has 2 aromatic rings. The molecule has 4 aliphatic carbocycles. The highest BCUT2D eigenvalue weighted by Crippen LogP contribution is 2.55. The fourth-order valence-corrected chi connectivity index (χ4v) is 7.66. The summed E-state index contributed by atoms with van der Waals surface area (Å²) in [5.41, 5.74) is 3.45. The number of benzene rings is 2. The number of para-hydroxylation sites is 1. The van der Waals surface area contributed by atoms with Crippen molar-refractivity contribution in [2.24, 2.45) is 17.8 Å². The van der Waals surface area contributed by atoms with Crippen LogP contribution in [-0.4, -0.2) is 40.4 Å². The van der Waals surface area contributed by atoms with Gasteiger partial charge in [0.05, 0.1) is 5.69 Å². The van der Waals surface area contributed by atoms with E-state index in [1.54, 1.807) is 4.58 Å². The minimum Gasteiger partial charge on any atom is -0.306 e. The summed E-state index contributed by atoms with van der Waals surface area (Å²) >= 11 is 0. The number of amides is 3. The third kappa shape index (κ3) is 3.57. The Balaban J connectivity index is 1.46. The summed E-state index contributed by atoms with van der Waals surface area (Å²) < 4.78 is 1.72. The number of carbonyl (C=O) groups is 2. The molecule has 5 aliphatic rings. The van der Waals surface area contributed by atoms with Gasteiger partial charge < -0.3 is 4.90 Å². The second-order valence-corrected chi connectivity index (χ2v) is 11.3. The van der Waals surface area contributed by atoms with Crippen molar-refractivity contribution in [1.29, 1.82) is 0 Å². The smallest absolute Gasteiger partial charge is 0.306 e. The van der Waals surface area contributed by atoms with Crippen LogP contribution in [0.15, 0.2) is 54.6 Å². The maximum Gasteiger partial charge on any atom is 0.492 e. The number of fused-ring (bicyclic) bond motifs is 1. The van der Waals surface area contributed by atoms with E-state index in [1.165, 1.54) is 19.3 Å². The molecule has 0 atom stereocenters. The first kappa shape index (κ1) is 21.6. The van der Waals surface area contributed by atoms with Crippen LogP contribution in [0, 0.1) is 17.8 Å². The van der Waals surface area contributed by atoms with E-state index in [9.17, 15) is 9.59 Å². The molecule has 0 radical (unpaired) electrons. The van der Waals surface area contributed by atoms with E-state index in [0.29, 0.717) is 0 Å². The largest absolute Gasteiger partial charge is 0.492 e. The number of nitrogens with zero attached hydrogens (tertiary/aromatic N) is 2. The first-order valence-electron chi connectivity index (χ1n) is 12.9. The Morgan fingerprint density at radius 2 is 1.53 bits per heavy atom. The Hall–Kier alpha value is -2.95. The average Bonchev–Trinajstić information content (AvgIpc) is 2.92. The molecule has 1 heterocycles. The lowest BCUT2D eigenvalue weighted by atomic mass is 9.53. The van der Waals surface area contributed by atoms with Gasteiger partial charge in [0.15, 0.2) is 6.54 Å². The van der Waals surface area contributed by atoms with Crippen LogP contribution in [0.5, 0.6) is 0 Å². The van der Waals surface area contributed by atoms with Gasteiger partial charge in [0.25, 0.3) is 5.91 Å². The highest BCUT2D eigenvalue weighted by Gasteiger charge is 2.55. The Morgan fingerprint density at radius 3 is 2.15 bits per heavy atom. The molecule has 0 spiro atoms. The molecule has 2 aromatic carbocycles. The molecule has 0 saturated heterocycles. The van der Waals surface area contributed by atoms with Gasteiger partial charge in [-0.05, 0) is 82.3 Å². The van der Waals surface area contributed by atoms with Gasteiger partial charge in [-0.25, -0.2) is 5.32 Å². The van der Waals surface area contributed by atoms with E-state index in [0.717, 1.165) is 59.5 Å². The molecule has 34 heavy (non-hydrogen) atoms. The van der Waals surface area contributed by atoms with Crippen LogP contribution in [0.4, 0.5) is 10.5 Å². The van der Waals surface area contributed by atoms with Crippen molar-refractivity contribution in [3.05, 3.63) is 65.7 Å². The van der Waals surface area contributed by atoms with Crippen molar-refractivity contribution in [1.82, 2.24) is 5.32 Å². The average molecular weight is 457 g/mol. The molecule has 5 nitrogen and oxygen atoms in total. The van der Waals surface area contributed by atoms with E-state index < -0.39 is 0 Å². The Kier molecular flexibility index (Phi) is 5.12. The van der Waals surface area contributed by atoms with Crippen LogP contribution >= 0.6 is 0 Å². The van der Waals surface area contributed by atoms with Crippen LogP contribution in [-0.2, 0) is 4.79 Å². The van der Waals surface area contributed by atoms with Gasteiger partial charge in [0.1, 0.15) is 11.3 Å². The zero-order valence-corrected chi connectivity index (χ0v) is 20.2. The molecule has 0 aromatic heterocycles. The van der Waals surface area contributed by atoms with Crippen molar-refractivity contribution in [2.45, 2.75) is 64.0 Å². The maximum absolute atomic E-state index is 14.1.